The number of ether oxygens (including phenoxy) is 4. The molecule has 4 unspecified atom stereocenters. The number of benzene rings is 10. The van der Waals surface area contributed by atoms with Crippen molar-refractivity contribution in [3.8, 4) is 68.2 Å². The van der Waals surface area contributed by atoms with Crippen molar-refractivity contribution in [2.24, 2.45) is 0 Å². The quantitative estimate of drug-likeness (QED) is 0.0324. The predicted molar refractivity (Wildman–Crippen MR) is 396 cm³/mol. The standard InChI is InChI=1S/C80H78O17P2S3/c1-11-77(6,7)64-44-32-52(48-74(64)101(86,87)88)76(81)53-33-45-69(75(49-53)102(89,90)91)93-57-39-47-68(73(51-57)99(83)71-31-23-19-27-63(71)61-25-17-21-29-66(61)97-99)95-80(10,15-5)79(9,14-4)54-34-40-58(41-35-54)100(84,85)59-42-36-55(37-43-59)92-56-38-46-67(94-78(8,12-2)13-3)72(50-56)98(82)70-30-22-18-26-62(70)60-24-16-20-28-65(60)96-98/h16-51H,11-15H2,1-10H3,(H,86,87,88)(H,89,90,91). The Morgan fingerprint density at radius 3 is 1.33 bits per heavy atom. The average molecular weight is 1470 g/mol. The smallest absolute Gasteiger partial charge is 0.311 e. The first kappa shape index (κ1) is 72.7. The Labute approximate surface area is 596 Å². The van der Waals surface area contributed by atoms with Crippen molar-refractivity contribution in [1.29, 1.82) is 0 Å². The van der Waals surface area contributed by atoms with Gasteiger partial charge in [-0.25, -0.2) is 8.42 Å². The maximum absolute atomic E-state index is 16.4. The largest absolute Gasteiger partial charge is 0.487 e. The molecule has 22 heteroatoms. The van der Waals surface area contributed by atoms with Gasteiger partial charge in [0.05, 0.1) is 35.9 Å². The molecule has 0 saturated carbocycles. The molecule has 2 aliphatic heterocycles. The summed E-state index contributed by atoms with van der Waals surface area (Å²) in [6, 6.07) is 58.3. The van der Waals surface area contributed by atoms with E-state index in [0.29, 0.717) is 93.5 Å². The lowest BCUT2D eigenvalue weighted by molar-refractivity contribution is 0.00383. The highest BCUT2D eigenvalue weighted by atomic mass is 32.2. The fourth-order valence-electron chi connectivity index (χ4n) is 13.1. The van der Waals surface area contributed by atoms with Gasteiger partial charge in [-0.1, -0.05) is 152 Å². The zero-order chi connectivity index (χ0) is 73.2. The van der Waals surface area contributed by atoms with E-state index in [1.165, 1.54) is 48.5 Å². The summed E-state index contributed by atoms with van der Waals surface area (Å²) in [5.74, 6) is 0.547. The molecule has 0 amide bonds. The van der Waals surface area contributed by atoms with Crippen molar-refractivity contribution in [2.45, 2.75) is 143 Å². The third kappa shape index (κ3) is 13.3. The van der Waals surface area contributed by atoms with Crippen LogP contribution in [0.15, 0.2) is 238 Å². The third-order valence-corrected chi connectivity index (χ3v) is 29.0. The first-order valence-corrected chi connectivity index (χ1v) is 41.1. The van der Waals surface area contributed by atoms with Crippen molar-refractivity contribution in [2.75, 3.05) is 0 Å². The normalized spacial score (nSPS) is 17.0. The Balaban J connectivity index is 0.846. The second-order valence-electron chi connectivity index (χ2n) is 26.8. The zero-order valence-electron chi connectivity index (χ0n) is 58.0. The van der Waals surface area contributed by atoms with Gasteiger partial charge >= 0.3 is 14.7 Å². The van der Waals surface area contributed by atoms with Gasteiger partial charge in [-0.15, -0.1) is 0 Å². The van der Waals surface area contributed by atoms with Crippen LogP contribution in [0.25, 0.3) is 22.3 Å². The average Bonchev–Trinajstić information content (AvgIpc) is 0.730. The van der Waals surface area contributed by atoms with Crippen LogP contribution < -0.4 is 49.2 Å². The minimum Gasteiger partial charge on any atom is -0.487 e. The summed E-state index contributed by atoms with van der Waals surface area (Å²) in [4.78, 5) is 12.8. The highest BCUT2D eigenvalue weighted by Gasteiger charge is 2.49. The topological polar surface area (TPSA) is 249 Å². The van der Waals surface area contributed by atoms with Crippen molar-refractivity contribution >= 4 is 71.8 Å². The number of hydrogen-bond acceptors (Lipinski definition) is 15. The number of sulfone groups is 1. The third-order valence-electron chi connectivity index (χ3n) is 20.5. The number of para-hydroxylation sites is 2. The lowest BCUT2D eigenvalue weighted by Gasteiger charge is -2.47. The lowest BCUT2D eigenvalue weighted by Crippen LogP contribution is -2.52. The number of carbonyl (C=O) groups is 1. The summed E-state index contributed by atoms with van der Waals surface area (Å²) in [7, 11) is -22.3. The van der Waals surface area contributed by atoms with E-state index in [0.717, 1.165) is 29.3 Å². The van der Waals surface area contributed by atoms with Crippen LogP contribution in [-0.2, 0) is 50.0 Å². The molecule has 2 N–H and O–H groups in total. The van der Waals surface area contributed by atoms with Crippen LogP contribution in [0.3, 0.4) is 0 Å². The van der Waals surface area contributed by atoms with Crippen molar-refractivity contribution in [3.05, 3.63) is 241 Å². The van der Waals surface area contributed by atoms with Crippen LogP contribution in [-0.4, -0.2) is 51.3 Å². The molecule has 102 heavy (non-hydrogen) atoms. The summed E-state index contributed by atoms with van der Waals surface area (Å²) in [5, 5.41) is 1.18. The fourth-order valence-corrected chi connectivity index (χ4v) is 20.7. The van der Waals surface area contributed by atoms with E-state index in [-0.39, 0.29) is 43.3 Å². The van der Waals surface area contributed by atoms with E-state index < -0.39 is 88.2 Å². The second-order valence-corrected chi connectivity index (χ2v) is 36.0. The van der Waals surface area contributed by atoms with Crippen LogP contribution in [0.5, 0.6) is 46.0 Å². The SMILES string of the molecule is CCC(C)(CC)Oc1ccc(Oc2ccc(S(=O)(=O)c3ccc(C(C)(CC)C(C)(CC)Oc4ccc(Oc5ccc(C(=O)c6ccc(C(C)(C)CC)c(S(=O)(=O)O)c6)cc5S(=O)(=O)O)cc4P4(=O)Oc5ccccc5-c5ccccc54)cc3)cc2)cc1P1(=O)Oc2ccccc2-c2ccccc21. The van der Waals surface area contributed by atoms with Crippen LogP contribution in [0, 0.1) is 0 Å². The van der Waals surface area contributed by atoms with Gasteiger partial charge in [0.2, 0.25) is 9.84 Å². The molecule has 2 aliphatic rings. The Morgan fingerprint density at radius 1 is 0.422 bits per heavy atom. The van der Waals surface area contributed by atoms with Crippen LogP contribution in [0.1, 0.15) is 128 Å². The van der Waals surface area contributed by atoms with Crippen LogP contribution in [0.2, 0.25) is 0 Å². The maximum atomic E-state index is 16.4. The number of carbonyl (C=O) groups excluding carboxylic acids is 1. The van der Waals surface area contributed by atoms with E-state index in [2.05, 4.69) is 0 Å². The van der Waals surface area contributed by atoms with Gasteiger partial charge in [-0.2, -0.15) is 16.8 Å². The number of ketones is 1. The minimum absolute atomic E-state index is 0.00156. The molecule has 12 rings (SSSR count). The molecule has 10 aromatic rings. The first-order chi connectivity index (χ1) is 48.3. The molecule has 4 atom stereocenters. The molecule has 2 heterocycles. The molecule has 10 aromatic carbocycles. The fraction of sp³-hybridized carbons (Fsp3) is 0.237. The van der Waals surface area contributed by atoms with E-state index >= 15 is 9.13 Å². The molecule has 0 fully saturated rings. The molecule has 528 valence electrons. The maximum Gasteiger partial charge on any atom is 0.311 e. The Bertz CT molecular complexity index is 5420. The van der Waals surface area contributed by atoms with E-state index in [4.69, 9.17) is 28.0 Å². The molecule has 0 bridgehead atoms. The minimum atomic E-state index is -5.18. The number of fused-ring (bicyclic) bond motifs is 6. The van der Waals surface area contributed by atoms with E-state index in [1.54, 1.807) is 98.8 Å². The zero-order valence-corrected chi connectivity index (χ0v) is 62.2. The summed E-state index contributed by atoms with van der Waals surface area (Å²) in [6.07, 6.45) is 2.65. The molecule has 0 spiro atoms. The van der Waals surface area contributed by atoms with Gasteiger partial charge in [0.15, 0.2) is 5.78 Å². The highest BCUT2D eigenvalue weighted by molar-refractivity contribution is 7.91. The summed E-state index contributed by atoms with van der Waals surface area (Å²) in [5.41, 5.74) is 0.0225. The summed E-state index contributed by atoms with van der Waals surface area (Å²) >= 11 is 0. The van der Waals surface area contributed by atoms with E-state index in [1.807, 2.05) is 122 Å². The van der Waals surface area contributed by atoms with Gasteiger partial charge in [-0.3, -0.25) is 23.0 Å². The van der Waals surface area contributed by atoms with E-state index in [9.17, 15) is 39.2 Å². The summed E-state index contributed by atoms with van der Waals surface area (Å²) < 4.78 is 174. The van der Waals surface area contributed by atoms with Crippen molar-refractivity contribution in [1.82, 2.24) is 0 Å². The molecular weight excluding hydrogens is 1390 g/mol. The Morgan fingerprint density at radius 2 is 0.853 bits per heavy atom. The van der Waals surface area contributed by atoms with Crippen LogP contribution >= 0.6 is 14.7 Å². The first-order valence-electron chi connectivity index (χ1n) is 33.5. The van der Waals surface area contributed by atoms with Gasteiger partial charge in [0.25, 0.3) is 20.2 Å². The second kappa shape index (κ2) is 27.3. The number of hydrogen-bond donors (Lipinski definition) is 2. The van der Waals surface area contributed by atoms with Gasteiger partial charge in [0, 0.05) is 27.7 Å². The van der Waals surface area contributed by atoms with Crippen LogP contribution in [0.4, 0.5) is 0 Å². The van der Waals surface area contributed by atoms with Gasteiger partial charge in [0.1, 0.15) is 62.1 Å². The summed E-state index contributed by atoms with van der Waals surface area (Å²) in [6.45, 7) is 19.3. The lowest BCUT2D eigenvalue weighted by atomic mass is 9.66. The monoisotopic (exact) mass is 1470 g/mol. The van der Waals surface area contributed by atoms with Gasteiger partial charge < -0.3 is 28.0 Å². The Hall–Kier alpha value is -9.10. The molecule has 0 aromatic heterocycles. The molecule has 17 nitrogen and oxygen atoms in total. The molecular formula is C80H78O17P2S3. The molecule has 0 radical (unpaired) electrons. The molecule has 0 saturated heterocycles. The highest BCUT2D eigenvalue weighted by Crippen LogP contribution is 2.58. The molecule has 0 aliphatic carbocycles. The predicted octanol–water partition coefficient (Wildman–Crippen LogP) is 18.0. The van der Waals surface area contributed by atoms with Crippen molar-refractivity contribution < 1.29 is 76.3 Å². The van der Waals surface area contributed by atoms with Crippen molar-refractivity contribution in [3.63, 3.8) is 0 Å². The number of rotatable bonds is 24. The Kier molecular flexibility index (Phi) is 19.4. The van der Waals surface area contributed by atoms with Gasteiger partial charge in [-0.05, 0) is 195 Å².